The summed E-state index contributed by atoms with van der Waals surface area (Å²) >= 11 is 0. The topological polar surface area (TPSA) is 75.5 Å². The highest BCUT2D eigenvalue weighted by atomic mass is 16.6. The van der Waals surface area contributed by atoms with Gasteiger partial charge >= 0.3 is 0 Å². The Bertz CT molecular complexity index is 583. The maximum absolute atomic E-state index is 12.6. The first-order valence-corrected chi connectivity index (χ1v) is 7.31. The molecule has 1 saturated heterocycles. The van der Waals surface area contributed by atoms with Crippen LogP contribution in [0.25, 0.3) is 0 Å². The van der Waals surface area contributed by atoms with Gasteiger partial charge in [0.25, 0.3) is 5.69 Å². The molecular formula is C15H19N3O3. The molecule has 3 rings (SSSR count). The molecule has 0 radical (unpaired) electrons. The predicted molar refractivity (Wildman–Crippen MR) is 77.5 cm³/mol. The van der Waals surface area contributed by atoms with Gasteiger partial charge in [0.15, 0.2) is 0 Å². The van der Waals surface area contributed by atoms with Crippen LogP contribution in [0.5, 0.6) is 0 Å². The molecule has 1 N–H and O–H groups in total. The minimum absolute atomic E-state index is 0.0606. The summed E-state index contributed by atoms with van der Waals surface area (Å²) in [5.41, 5.74) is 0.845. The molecule has 21 heavy (non-hydrogen) atoms. The molecule has 1 amide bonds. The summed E-state index contributed by atoms with van der Waals surface area (Å²) in [7, 11) is 0. The second-order valence-electron chi connectivity index (χ2n) is 6.12. The van der Waals surface area contributed by atoms with E-state index >= 15 is 0 Å². The molecule has 2 unspecified atom stereocenters. The molecule has 2 aliphatic rings. The highest BCUT2D eigenvalue weighted by Crippen LogP contribution is 2.38. The molecule has 0 aromatic heterocycles. The monoisotopic (exact) mass is 289 g/mol. The second-order valence-corrected chi connectivity index (χ2v) is 6.12. The van der Waals surface area contributed by atoms with Crippen molar-refractivity contribution in [2.24, 2.45) is 5.92 Å². The maximum atomic E-state index is 12.6. The van der Waals surface area contributed by atoms with Crippen molar-refractivity contribution in [1.82, 2.24) is 10.2 Å². The van der Waals surface area contributed by atoms with Crippen molar-refractivity contribution in [3.05, 3.63) is 39.9 Å². The van der Waals surface area contributed by atoms with E-state index in [-0.39, 0.29) is 35.8 Å². The van der Waals surface area contributed by atoms with E-state index in [1.165, 1.54) is 6.07 Å². The minimum atomic E-state index is -0.401. The van der Waals surface area contributed by atoms with E-state index in [0.29, 0.717) is 0 Å². The standard InChI is InChI=1S/C15H19N3O3/c1-9(2)13-15(19)17(11-6-7-11)14(16-13)10-4-3-5-12(8-10)18(20)21/h3-5,8-9,11,13-14,16H,6-7H2,1-2H3. The molecule has 1 heterocycles. The Labute approximate surface area is 123 Å². The van der Waals surface area contributed by atoms with Crippen molar-refractivity contribution in [1.29, 1.82) is 0 Å². The van der Waals surface area contributed by atoms with E-state index in [0.717, 1.165) is 18.4 Å². The summed E-state index contributed by atoms with van der Waals surface area (Å²) < 4.78 is 0. The lowest BCUT2D eigenvalue weighted by Gasteiger charge is -2.24. The van der Waals surface area contributed by atoms with Gasteiger partial charge < -0.3 is 4.90 Å². The number of nitro benzene ring substituents is 1. The summed E-state index contributed by atoms with van der Waals surface area (Å²) in [5, 5.41) is 14.3. The quantitative estimate of drug-likeness (QED) is 0.681. The fourth-order valence-corrected chi connectivity index (χ4v) is 2.90. The highest BCUT2D eigenvalue weighted by molar-refractivity contribution is 5.85. The molecule has 6 nitrogen and oxygen atoms in total. The maximum Gasteiger partial charge on any atom is 0.269 e. The number of hydrogen-bond donors (Lipinski definition) is 1. The van der Waals surface area contributed by atoms with Crippen molar-refractivity contribution in [3.63, 3.8) is 0 Å². The normalized spacial score (nSPS) is 25.7. The number of rotatable bonds is 4. The van der Waals surface area contributed by atoms with Gasteiger partial charge in [-0.1, -0.05) is 26.0 Å². The first-order valence-electron chi connectivity index (χ1n) is 7.31. The van der Waals surface area contributed by atoms with Gasteiger partial charge in [-0.15, -0.1) is 0 Å². The number of nitrogens with zero attached hydrogens (tertiary/aromatic N) is 2. The number of amides is 1. The molecule has 1 aliphatic heterocycles. The van der Waals surface area contributed by atoms with Gasteiger partial charge in [0.05, 0.1) is 11.0 Å². The van der Waals surface area contributed by atoms with Gasteiger partial charge in [0.2, 0.25) is 5.91 Å². The Morgan fingerprint density at radius 1 is 1.38 bits per heavy atom. The van der Waals surface area contributed by atoms with E-state index in [2.05, 4.69) is 5.32 Å². The van der Waals surface area contributed by atoms with Crippen LogP contribution in [0.1, 0.15) is 38.4 Å². The molecule has 0 bridgehead atoms. The van der Waals surface area contributed by atoms with Crippen LogP contribution >= 0.6 is 0 Å². The number of hydrogen-bond acceptors (Lipinski definition) is 4. The van der Waals surface area contributed by atoms with Crippen LogP contribution in [-0.4, -0.2) is 27.8 Å². The van der Waals surface area contributed by atoms with Crippen molar-refractivity contribution in [3.8, 4) is 0 Å². The SMILES string of the molecule is CC(C)C1NC(c2cccc([N+](=O)[O-])c2)N(C2CC2)C1=O. The minimum Gasteiger partial charge on any atom is -0.319 e. The van der Waals surface area contributed by atoms with Gasteiger partial charge in [0.1, 0.15) is 6.17 Å². The van der Waals surface area contributed by atoms with Crippen LogP contribution in [0, 0.1) is 16.0 Å². The number of benzene rings is 1. The Morgan fingerprint density at radius 2 is 2.10 bits per heavy atom. The Kier molecular flexibility index (Phi) is 3.41. The molecule has 112 valence electrons. The van der Waals surface area contributed by atoms with Crippen LogP contribution in [0.15, 0.2) is 24.3 Å². The van der Waals surface area contributed by atoms with Gasteiger partial charge in [0, 0.05) is 18.2 Å². The summed E-state index contributed by atoms with van der Waals surface area (Å²) in [6.45, 7) is 4.02. The lowest BCUT2D eigenvalue weighted by Crippen LogP contribution is -2.35. The van der Waals surface area contributed by atoms with Crippen LogP contribution in [0.3, 0.4) is 0 Å². The molecule has 2 fully saturated rings. The fraction of sp³-hybridized carbons (Fsp3) is 0.533. The van der Waals surface area contributed by atoms with Gasteiger partial charge in [-0.3, -0.25) is 20.2 Å². The first kappa shape index (κ1) is 14.0. The molecule has 6 heteroatoms. The molecule has 1 aliphatic carbocycles. The summed E-state index contributed by atoms with van der Waals surface area (Å²) in [6, 6.07) is 6.61. The zero-order valence-corrected chi connectivity index (χ0v) is 12.2. The van der Waals surface area contributed by atoms with Gasteiger partial charge in [-0.2, -0.15) is 0 Å². The molecular weight excluding hydrogens is 270 g/mol. The Hall–Kier alpha value is -1.95. The van der Waals surface area contributed by atoms with Gasteiger partial charge in [-0.25, -0.2) is 0 Å². The van der Waals surface area contributed by atoms with Crippen LogP contribution in [-0.2, 0) is 4.79 Å². The zero-order valence-electron chi connectivity index (χ0n) is 12.2. The average Bonchev–Trinajstić information content (AvgIpc) is 3.22. The third kappa shape index (κ3) is 2.51. The van der Waals surface area contributed by atoms with E-state index in [1.807, 2.05) is 24.8 Å². The summed E-state index contributed by atoms with van der Waals surface area (Å²) in [5.74, 6) is 0.312. The molecule has 2 atom stereocenters. The van der Waals surface area contributed by atoms with Crippen LogP contribution in [0.2, 0.25) is 0 Å². The van der Waals surface area contributed by atoms with Crippen molar-refractivity contribution >= 4 is 11.6 Å². The smallest absolute Gasteiger partial charge is 0.269 e. The third-order valence-electron chi connectivity index (χ3n) is 4.14. The van der Waals surface area contributed by atoms with Crippen LogP contribution < -0.4 is 5.32 Å². The molecule has 1 aromatic rings. The largest absolute Gasteiger partial charge is 0.319 e. The van der Waals surface area contributed by atoms with Crippen molar-refractivity contribution in [2.45, 2.75) is 44.9 Å². The molecule has 0 spiro atoms. The number of carbonyl (C=O) groups is 1. The van der Waals surface area contributed by atoms with Gasteiger partial charge in [-0.05, 0) is 24.3 Å². The van der Waals surface area contributed by atoms with Crippen LogP contribution in [0.4, 0.5) is 5.69 Å². The zero-order chi connectivity index (χ0) is 15.1. The van der Waals surface area contributed by atoms with Crippen molar-refractivity contribution < 1.29 is 9.72 Å². The third-order valence-corrected chi connectivity index (χ3v) is 4.14. The Morgan fingerprint density at radius 3 is 2.67 bits per heavy atom. The number of non-ortho nitro benzene ring substituents is 1. The lowest BCUT2D eigenvalue weighted by molar-refractivity contribution is -0.385. The number of nitro groups is 1. The number of carbonyl (C=O) groups excluding carboxylic acids is 1. The van der Waals surface area contributed by atoms with E-state index in [9.17, 15) is 14.9 Å². The fourth-order valence-electron chi connectivity index (χ4n) is 2.90. The summed E-state index contributed by atoms with van der Waals surface area (Å²) in [4.78, 5) is 25.0. The molecule has 1 saturated carbocycles. The van der Waals surface area contributed by atoms with E-state index in [4.69, 9.17) is 0 Å². The first-order chi connectivity index (χ1) is 9.99. The van der Waals surface area contributed by atoms with E-state index < -0.39 is 4.92 Å². The second kappa shape index (κ2) is 5.11. The lowest BCUT2D eigenvalue weighted by atomic mass is 10.1. The summed E-state index contributed by atoms with van der Waals surface area (Å²) in [6.07, 6.45) is 1.78. The Balaban J connectivity index is 1.94. The van der Waals surface area contributed by atoms with E-state index in [1.54, 1.807) is 12.1 Å². The predicted octanol–water partition coefficient (Wildman–Crippen LogP) is 2.21. The van der Waals surface area contributed by atoms with Crippen molar-refractivity contribution in [2.75, 3.05) is 0 Å². The average molecular weight is 289 g/mol. The molecule has 1 aromatic carbocycles. The number of nitrogens with one attached hydrogen (secondary N) is 1. The highest BCUT2D eigenvalue weighted by Gasteiger charge is 2.47.